The fourth-order valence-corrected chi connectivity index (χ4v) is 2.14. The lowest BCUT2D eigenvalue weighted by Gasteiger charge is -2.06. The van der Waals surface area contributed by atoms with Gasteiger partial charge < -0.3 is 4.74 Å². The monoisotopic (exact) mass is 348 g/mol. The topological polar surface area (TPSA) is 89.7 Å². The lowest BCUT2D eigenvalue weighted by molar-refractivity contribution is -0.384. The molecule has 26 heavy (non-hydrogen) atoms. The number of hydrogen-bond acceptors (Lipinski definition) is 6. The summed E-state index contributed by atoms with van der Waals surface area (Å²) in [7, 11) is 0. The number of pyridine rings is 1. The van der Waals surface area contributed by atoms with E-state index >= 15 is 0 Å². The van der Waals surface area contributed by atoms with Gasteiger partial charge in [0.25, 0.3) is 5.69 Å². The van der Waals surface area contributed by atoms with Gasteiger partial charge in [0.1, 0.15) is 12.4 Å². The van der Waals surface area contributed by atoms with Crippen LogP contribution in [0.4, 0.5) is 11.4 Å². The molecule has 1 N–H and O–H groups in total. The zero-order chi connectivity index (χ0) is 18.2. The predicted molar refractivity (Wildman–Crippen MR) is 99.3 cm³/mol. The van der Waals surface area contributed by atoms with Crippen molar-refractivity contribution in [3.05, 3.63) is 94.3 Å². The van der Waals surface area contributed by atoms with Crippen LogP contribution in [0.25, 0.3) is 0 Å². The molecule has 3 rings (SSSR count). The van der Waals surface area contributed by atoms with E-state index in [-0.39, 0.29) is 5.69 Å². The Bertz CT molecular complexity index is 879. The summed E-state index contributed by atoms with van der Waals surface area (Å²) in [6.07, 6.45) is 5.09. The molecular formula is C19H16N4O3. The Morgan fingerprint density at radius 3 is 2.38 bits per heavy atom. The number of nitro groups is 1. The summed E-state index contributed by atoms with van der Waals surface area (Å²) in [4.78, 5) is 14.2. The van der Waals surface area contributed by atoms with Crippen molar-refractivity contribution < 1.29 is 9.66 Å². The minimum Gasteiger partial charge on any atom is -0.489 e. The van der Waals surface area contributed by atoms with Crippen LogP contribution in [0.1, 0.15) is 11.1 Å². The Balaban J connectivity index is 1.51. The second-order valence-corrected chi connectivity index (χ2v) is 5.39. The van der Waals surface area contributed by atoms with Crippen molar-refractivity contribution >= 4 is 17.6 Å². The number of hydrogen-bond donors (Lipinski definition) is 1. The van der Waals surface area contributed by atoms with E-state index in [2.05, 4.69) is 15.5 Å². The number of non-ortho nitro benzene ring substituents is 1. The Labute approximate surface area is 150 Å². The molecule has 0 spiro atoms. The van der Waals surface area contributed by atoms with E-state index in [4.69, 9.17) is 4.74 Å². The van der Waals surface area contributed by atoms with Crippen molar-refractivity contribution in [1.29, 1.82) is 0 Å². The van der Waals surface area contributed by atoms with Crippen LogP contribution in [0.3, 0.4) is 0 Å². The first-order valence-corrected chi connectivity index (χ1v) is 7.86. The van der Waals surface area contributed by atoms with Gasteiger partial charge in [0.15, 0.2) is 0 Å². The van der Waals surface area contributed by atoms with Crippen LogP contribution in [0.15, 0.2) is 78.2 Å². The number of hydrazone groups is 1. The SMILES string of the molecule is O=[N+]([O-])c1ccc(COc2ccc(/C=N/Nc3ccncc3)cc2)cc1. The van der Waals surface area contributed by atoms with Crippen LogP contribution in [-0.4, -0.2) is 16.1 Å². The maximum absolute atomic E-state index is 10.6. The molecule has 0 aliphatic heterocycles. The van der Waals surface area contributed by atoms with E-state index in [0.29, 0.717) is 12.4 Å². The number of benzene rings is 2. The fraction of sp³-hybridized carbons (Fsp3) is 0.0526. The molecule has 7 nitrogen and oxygen atoms in total. The Morgan fingerprint density at radius 2 is 1.73 bits per heavy atom. The third-order valence-corrected chi connectivity index (χ3v) is 3.52. The molecule has 130 valence electrons. The molecule has 3 aromatic rings. The van der Waals surface area contributed by atoms with Crippen molar-refractivity contribution in [2.75, 3.05) is 5.43 Å². The van der Waals surface area contributed by atoms with Crippen molar-refractivity contribution in [3.63, 3.8) is 0 Å². The Hall–Kier alpha value is -3.74. The highest BCUT2D eigenvalue weighted by molar-refractivity contribution is 5.80. The number of rotatable bonds is 7. The Kier molecular flexibility index (Phi) is 5.51. The average Bonchev–Trinajstić information content (AvgIpc) is 2.68. The zero-order valence-electron chi connectivity index (χ0n) is 13.8. The molecule has 7 heteroatoms. The number of nitrogens with one attached hydrogen (secondary N) is 1. The summed E-state index contributed by atoms with van der Waals surface area (Å²) in [5, 5.41) is 14.8. The molecule has 0 amide bonds. The second kappa shape index (κ2) is 8.39. The van der Waals surface area contributed by atoms with Gasteiger partial charge in [-0.15, -0.1) is 0 Å². The normalized spacial score (nSPS) is 10.6. The van der Waals surface area contributed by atoms with Crippen molar-refractivity contribution in [3.8, 4) is 5.75 Å². The summed E-state index contributed by atoms with van der Waals surface area (Å²) < 4.78 is 5.68. The molecule has 0 saturated carbocycles. The summed E-state index contributed by atoms with van der Waals surface area (Å²) in [6, 6.07) is 17.4. The van der Waals surface area contributed by atoms with E-state index in [1.54, 1.807) is 30.7 Å². The molecule has 0 saturated heterocycles. The maximum Gasteiger partial charge on any atom is 0.269 e. The third kappa shape index (κ3) is 4.88. The molecule has 0 bridgehead atoms. The minimum absolute atomic E-state index is 0.0674. The van der Waals surface area contributed by atoms with Gasteiger partial charge in [0.05, 0.1) is 16.8 Å². The van der Waals surface area contributed by atoms with Gasteiger partial charge in [-0.3, -0.25) is 20.5 Å². The van der Waals surface area contributed by atoms with E-state index in [9.17, 15) is 10.1 Å². The van der Waals surface area contributed by atoms with Gasteiger partial charge in [0, 0.05) is 24.5 Å². The van der Waals surface area contributed by atoms with Crippen LogP contribution in [0, 0.1) is 10.1 Å². The summed E-state index contributed by atoms with van der Waals surface area (Å²) in [5.41, 5.74) is 5.63. The zero-order valence-corrected chi connectivity index (χ0v) is 13.8. The first-order chi connectivity index (χ1) is 12.7. The number of ether oxygens (including phenoxy) is 1. The van der Waals surface area contributed by atoms with Gasteiger partial charge in [0.2, 0.25) is 0 Å². The molecule has 1 heterocycles. The second-order valence-electron chi connectivity index (χ2n) is 5.39. The van der Waals surface area contributed by atoms with Gasteiger partial charge >= 0.3 is 0 Å². The third-order valence-electron chi connectivity index (χ3n) is 3.52. The maximum atomic E-state index is 10.6. The van der Waals surface area contributed by atoms with Crippen molar-refractivity contribution in [2.45, 2.75) is 6.61 Å². The number of nitrogens with zero attached hydrogens (tertiary/aromatic N) is 3. The highest BCUT2D eigenvalue weighted by Gasteiger charge is 2.04. The smallest absolute Gasteiger partial charge is 0.269 e. The first kappa shape index (κ1) is 17.1. The van der Waals surface area contributed by atoms with Crippen molar-refractivity contribution in [1.82, 2.24) is 4.98 Å². The molecular weight excluding hydrogens is 332 g/mol. The van der Waals surface area contributed by atoms with Crippen molar-refractivity contribution in [2.24, 2.45) is 5.10 Å². The molecule has 2 aromatic carbocycles. The van der Waals surface area contributed by atoms with E-state index in [1.807, 2.05) is 36.4 Å². The van der Waals surface area contributed by atoms with E-state index < -0.39 is 4.92 Å². The summed E-state index contributed by atoms with van der Waals surface area (Å²) in [6.45, 7) is 0.342. The quantitative estimate of drug-likeness (QED) is 0.396. The molecule has 0 unspecified atom stereocenters. The minimum atomic E-state index is -0.422. The highest BCUT2D eigenvalue weighted by atomic mass is 16.6. The fourth-order valence-electron chi connectivity index (χ4n) is 2.14. The number of nitro benzene ring substituents is 1. The number of aromatic nitrogens is 1. The van der Waals surface area contributed by atoms with Gasteiger partial charge in [-0.05, 0) is 59.7 Å². The lowest BCUT2D eigenvalue weighted by atomic mass is 10.2. The molecule has 1 aromatic heterocycles. The van der Waals surface area contributed by atoms with Gasteiger partial charge in [-0.25, -0.2) is 0 Å². The van der Waals surface area contributed by atoms with Crippen LogP contribution < -0.4 is 10.2 Å². The molecule has 0 radical (unpaired) electrons. The molecule has 0 atom stereocenters. The van der Waals surface area contributed by atoms with E-state index in [1.165, 1.54) is 12.1 Å². The summed E-state index contributed by atoms with van der Waals surface area (Å²) >= 11 is 0. The van der Waals surface area contributed by atoms with Gasteiger partial charge in [-0.1, -0.05) is 0 Å². The Morgan fingerprint density at radius 1 is 1.04 bits per heavy atom. The molecule has 0 aliphatic rings. The predicted octanol–water partition coefficient (Wildman–Crippen LogP) is 4.01. The van der Waals surface area contributed by atoms with E-state index in [0.717, 1.165) is 16.8 Å². The number of anilines is 1. The standard InChI is InChI=1S/C19H16N4O3/c24-23(25)18-5-1-16(2-6-18)14-26-19-7-3-15(4-8-19)13-21-22-17-9-11-20-12-10-17/h1-13H,14H2,(H,20,22)/b21-13+. The summed E-state index contributed by atoms with van der Waals surface area (Å²) in [5.74, 6) is 0.711. The van der Waals surface area contributed by atoms with Gasteiger partial charge in [-0.2, -0.15) is 5.10 Å². The lowest BCUT2D eigenvalue weighted by Crippen LogP contribution is -1.96. The van der Waals surface area contributed by atoms with Crippen LogP contribution >= 0.6 is 0 Å². The average molecular weight is 348 g/mol. The largest absolute Gasteiger partial charge is 0.489 e. The first-order valence-electron chi connectivity index (χ1n) is 7.86. The van der Waals surface area contributed by atoms with Crippen LogP contribution in [0.5, 0.6) is 5.75 Å². The van der Waals surface area contributed by atoms with Crippen LogP contribution in [-0.2, 0) is 6.61 Å². The van der Waals surface area contributed by atoms with Crippen LogP contribution in [0.2, 0.25) is 0 Å². The molecule has 0 fully saturated rings. The highest BCUT2D eigenvalue weighted by Crippen LogP contribution is 2.16. The molecule has 0 aliphatic carbocycles.